The maximum Gasteiger partial charge on any atom is 0.308 e. The van der Waals surface area contributed by atoms with Gasteiger partial charge in [0.05, 0.1) is 13.2 Å². The summed E-state index contributed by atoms with van der Waals surface area (Å²) in [6.45, 7) is 2.43. The van der Waals surface area contributed by atoms with Crippen molar-refractivity contribution in [2.45, 2.75) is 13.5 Å². The molecule has 0 bridgehead atoms. The fraction of sp³-hybridized carbons (Fsp3) is 0.286. The van der Waals surface area contributed by atoms with E-state index in [0.717, 1.165) is 5.56 Å². The van der Waals surface area contributed by atoms with E-state index in [1.807, 2.05) is 0 Å². The molecule has 2 N–H and O–H groups in total. The van der Waals surface area contributed by atoms with Crippen LogP contribution in [0.1, 0.15) is 22.8 Å². The predicted octanol–water partition coefficient (Wildman–Crippen LogP) is 2.14. The van der Waals surface area contributed by atoms with E-state index in [1.165, 1.54) is 13.0 Å². The van der Waals surface area contributed by atoms with Crippen LogP contribution in [0.3, 0.4) is 0 Å². The summed E-state index contributed by atoms with van der Waals surface area (Å²) in [6, 6.07) is 13.4. The molecule has 8 heteroatoms. The fourth-order valence-corrected chi connectivity index (χ4v) is 2.33. The van der Waals surface area contributed by atoms with E-state index in [-0.39, 0.29) is 18.4 Å². The maximum atomic E-state index is 12.4. The normalized spacial score (nSPS) is 10.3. The third-order valence-electron chi connectivity index (χ3n) is 3.72. The molecule has 0 atom stereocenters. The summed E-state index contributed by atoms with van der Waals surface area (Å²) < 4.78 is 15.0. The van der Waals surface area contributed by atoms with E-state index < -0.39 is 5.97 Å². The number of carbonyl (C=O) groups excluding carboxylic acids is 3. The monoisotopic (exact) mass is 400 g/mol. The van der Waals surface area contributed by atoms with Crippen LogP contribution in [0.15, 0.2) is 48.5 Å². The van der Waals surface area contributed by atoms with Crippen molar-refractivity contribution in [1.29, 1.82) is 0 Å². The second-order valence-electron chi connectivity index (χ2n) is 6.09. The van der Waals surface area contributed by atoms with Gasteiger partial charge in [-0.05, 0) is 35.9 Å². The molecule has 0 aromatic heterocycles. The molecule has 2 rings (SSSR count). The Hall–Kier alpha value is -3.23. The largest absolute Gasteiger partial charge is 0.427 e. The summed E-state index contributed by atoms with van der Waals surface area (Å²) in [7, 11) is 1.57. The third-order valence-corrected chi connectivity index (χ3v) is 3.72. The first-order valence-corrected chi connectivity index (χ1v) is 9.00. The first-order chi connectivity index (χ1) is 14.0. The predicted molar refractivity (Wildman–Crippen MR) is 107 cm³/mol. The molecule has 29 heavy (non-hydrogen) atoms. The Kier molecular flexibility index (Phi) is 8.81. The second kappa shape index (κ2) is 11.6. The number of hydrogen-bond donors (Lipinski definition) is 2. The molecule has 0 aliphatic heterocycles. The van der Waals surface area contributed by atoms with Crippen LogP contribution in [0.25, 0.3) is 0 Å². The lowest BCUT2D eigenvalue weighted by Crippen LogP contribution is -2.27. The summed E-state index contributed by atoms with van der Waals surface area (Å²) in [6.07, 6.45) is 0. The zero-order valence-corrected chi connectivity index (χ0v) is 16.4. The van der Waals surface area contributed by atoms with Crippen LogP contribution in [0.2, 0.25) is 0 Å². The van der Waals surface area contributed by atoms with Gasteiger partial charge in [-0.25, -0.2) is 0 Å². The standard InChI is InChI=1S/C21H24N2O6/c1-15(24)29-19-5-3-4-17(12-19)21(26)23-18-8-6-16(7-9-18)13-22-20(25)14-28-11-10-27-2/h3-9,12H,10-11,13-14H2,1-2H3,(H,22,25)(H,23,26). The molecule has 0 spiro atoms. The number of esters is 1. The number of benzene rings is 2. The van der Waals surface area contributed by atoms with Crippen molar-refractivity contribution < 1.29 is 28.6 Å². The van der Waals surface area contributed by atoms with E-state index in [9.17, 15) is 14.4 Å². The van der Waals surface area contributed by atoms with Gasteiger partial charge in [0.15, 0.2) is 0 Å². The van der Waals surface area contributed by atoms with Crippen LogP contribution in [-0.2, 0) is 25.6 Å². The fourth-order valence-electron chi connectivity index (χ4n) is 2.33. The van der Waals surface area contributed by atoms with Gasteiger partial charge >= 0.3 is 5.97 Å². The summed E-state index contributed by atoms with van der Waals surface area (Å²) >= 11 is 0. The Labute approximate surface area is 169 Å². The van der Waals surface area contributed by atoms with Gasteiger partial charge in [-0.2, -0.15) is 0 Å². The highest BCUT2D eigenvalue weighted by atomic mass is 16.5. The van der Waals surface area contributed by atoms with Gasteiger partial charge in [-0.3, -0.25) is 14.4 Å². The van der Waals surface area contributed by atoms with Crippen LogP contribution in [0.4, 0.5) is 5.69 Å². The van der Waals surface area contributed by atoms with Crippen molar-refractivity contribution in [1.82, 2.24) is 5.32 Å². The van der Waals surface area contributed by atoms with Crippen molar-refractivity contribution in [3.63, 3.8) is 0 Å². The Bertz CT molecular complexity index is 835. The van der Waals surface area contributed by atoms with Crippen LogP contribution in [-0.4, -0.2) is 44.7 Å². The van der Waals surface area contributed by atoms with Crippen molar-refractivity contribution in [2.75, 3.05) is 32.2 Å². The molecule has 0 heterocycles. The Morgan fingerprint density at radius 1 is 1.00 bits per heavy atom. The topological polar surface area (TPSA) is 103 Å². The van der Waals surface area contributed by atoms with Gasteiger partial charge in [-0.15, -0.1) is 0 Å². The van der Waals surface area contributed by atoms with Crippen LogP contribution in [0.5, 0.6) is 5.75 Å². The molecule has 0 aliphatic rings. The minimum atomic E-state index is -0.452. The van der Waals surface area contributed by atoms with Crippen molar-refractivity contribution in [3.05, 3.63) is 59.7 Å². The number of hydrogen-bond acceptors (Lipinski definition) is 6. The smallest absolute Gasteiger partial charge is 0.308 e. The minimum Gasteiger partial charge on any atom is -0.427 e. The molecule has 2 amide bonds. The summed E-state index contributed by atoms with van der Waals surface area (Å²) in [5, 5.41) is 5.52. The molecule has 2 aromatic rings. The zero-order chi connectivity index (χ0) is 21.1. The maximum absolute atomic E-state index is 12.4. The number of nitrogens with one attached hydrogen (secondary N) is 2. The number of methoxy groups -OCH3 is 1. The quantitative estimate of drug-likeness (QED) is 0.360. The lowest BCUT2D eigenvalue weighted by Gasteiger charge is -2.09. The lowest BCUT2D eigenvalue weighted by molar-refractivity contribution is -0.132. The number of ether oxygens (including phenoxy) is 3. The molecule has 154 valence electrons. The summed E-state index contributed by atoms with van der Waals surface area (Å²) in [4.78, 5) is 35.1. The van der Waals surface area contributed by atoms with Crippen LogP contribution >= 0.6 is 0 Å². The van der Waals surface area contributed by atoms with Gasteiger partial charge in [-0.1, -0.05) is 18.2 Å². The molecule has 0 aliphatic carbocycles. The Morgan fingerprint density at radius 3 is 2.45 bits per heavy atom. The average Bonchev–Trinajstić information content (AvgIpc) is 2.70. The van der Waals surface area contributed by atoms with Crippen LogP contribution in [0, 0.1) is 0 Å². The van der Waals surface area contributed by atoms with Crippen molar-refractivity contribution in [2.24, 2.45) is 0 Å². The Balaban J connectivity index is 1.83. The van der Waals surface area contributed by atoms with E-state index in [2.05, 4.69) is 10.6 Å². The highest BCUT2D eigenvalue weighted by Gasteiger charge is 2.09. The molecule has 0 radical (unpaired) electrons. The Morgan fingerprint density at radius 2 is 1.76 bits per heavy atom. The highest BCUT2D eigenvalue weighted by molar-refractivity contribution is 6.04. The third kappa shape index (κ3) is 8.12. The molecule has 0 unspecified atom stereocenters. The number of carbonyl (C=O) groups is 3. The molecule has 8 nitrogen and oxygen atoms in total. The second-order valence-corrected chi connectivity index (χ2v) is 6.09. The summed E-state index contributed by atoms with van der Waals surface area (Å²) in [5.41, 5.74) is 1.85. The first kappa shape index (κ1) is 22.1. The molecule has 2 aromatic carbocycles. The highest BCUT2D eigenvalue weighted by Crippen LogP contribution is 2.16. The minimum absolute atomic E-state index is 0.0239. The lowest BCUT2D eigenvalue weighted by atomic mass is 10.1. The number of anilines is 1. The molecule has 0 saturated carbocycles. The first-order valence-electron chi connectivity index (χ1n) is 9.00. The molecular weight excluding hydrogens is 376 g/mol. The summed E-state index contributed by atoms with van der Waals surface area (Å²) in [5.74, 6) is -0.686. The van der Waals surface area contributed by atoms with Gasteiger partial charge in [0, 0.05) is 31.8 Å². The number of amides is 2. The van der Waals surface area contributed by atoms with Crippen LogP contribution < -0.4 is 15.4 Å². The van der Waals surface area contributed by atoms with Gasteiger partial charge in [0.2, 0.25) is 5.91 Å². The van der Waals surface area contributed by atoms with E-state index in [0.29, 0.717) is 36.8 Å². The van der Waals surface area contributed by atoms with Crippen molar-refractivity contribution >= 4 is 23.5 Å². The number of rotatable bonds is 10. The SMILES string of the molecule is COCCOCC(=O)NCc1ccc(NC(=O)c2cccc(OC(C)=O)c2)cc1. The molecular formula is C21H24N2O6. The van der Waals surface area contributed by atoms with E-state index >= 15 is 0 Å². The van der Waals surface area contributed by atoms with E-state index in [4.69, 9.17) is 14.2 Å². The van der Waals surface area contributed by atoms with Gasteiger partial charge in [0.1, 0.15) is 12.4 Å². The average molecular weight is 400 g/mol. The zero-order valence-electron chi connectivity index (χ0n) is 16.4. The van der Waals surface area contributed by atoms with Gasteiger partial charge < -0.3 is 24.8 Å². The van der Waals surface area contributed by atoms with E-state index in [1.54, 1.807) is 49.6 Å². The van der Waals surface area contributed by atoms with Gasteiger partial charge in [0.25, 0.3) is 5.91 Å². The molecule has 0 saturated heterocycles. The molecule has 0 fully saturated rings. The van der Waals surface area contributed by atoms with Crippen molar-refractivity contribution in [3.8, 4) is 5.75 Å².